The van der Waals surface area contributed by atoms with Gasteiger partial charge in [0, 0.05) is 31.5 Å². The third-order valence-electron chi connectivity index (χ3n) is 2.49. The Bertz CT molecular complexity index is 349. The highest BCUT2D eigenvalue weighted by Crippen LogP contribution is 2.10. The van der Waals surface area contributed by atoms with Gasteiger partial charge in [-0.2, -0.15) is 0 Å². The summed E-state index contributed by atoms with van der Waals surface area (Å²) >= 11 is 3.41. The minimum atomic E-state index is 0.190. The summed E-state index contributed by atoms with van der Waals surface area (Å²) in [4.78, 5) is 12.9. The molecule has 0 bridgehead atoms. The molecule has 0 saturated heterocycles. The van der Waals surface area contributed by atoms with Gasteiger partial charge in [0.25, 0.3) is 0 Å². The van der Waals surface area contributed by atoms with E-state index in [0.29, 0.717) is 6.42 Å². The minimum Gasteiger partial charge on any atom is -0.349 e. The quantitative estimate of drug-likeness (QED) is 0.818. The van der Waals surface area contributed by atoms with Crippen molar-refractivity contribution in [1.82, 2.24) is 10.2 Å². The van der Waals surface area contributed by atoms with Gasteiger partial charge in [-0.25, -0.2) is 0 Å². The average Bonchev–Trinajstić information content (AvgIpc) is 2.30. The molecule has 0 aliphatic heterocycles. The van der Waals surface area contributed by atoms with Crippen molar-refractivity contribution < 1.29 is 4.79 Å². The van der Waals surface area contributed by atoms with Crippen molar-refractivity contribution in [2.45, 2.75) is 19.4 Å². The topological polar surface area (TPSA) is 32.3 Å². The van der Waals surface area contributed by atoms with E-state index in [-0.39, 0.29) is 5.91 Å². The predicted octanol–water partition coefficient (Wildman–Crippen LogP) is 2.41. The van der Waals surface area contributed by atoms with E-state index in [4.69, 9.17) is 0 Å². The van der Waals surface area contributed by atoms with Crippen LogP contribution < -0.4 is 5.32 Å². The van der Waals surface area contributed by atoms with Crippen LogP contribution in [0.3, 0.4) is 0 Å². The van der Waals surface area contributed by atoms with Crippen LogP contribution in [0.2, 0.25) is 0 Å². The molecule has 17 heavy (non-hydrogen) atoms. The first-order valence-electron chi connectivity index (χ1n) is 5.75. The number of carbonyl (C=O) groups excluding carboxylic acids is 1. The van der Waals surface area contributed by atoms with Crippen molar-refractivity contribution in [3.8, 4) is 0 Å². The Morgan fingerprint density at radius 2 is 1.94 bits per heavy atom. The molecular formula is C13H19BrN2O. The highest BCUT2D eigenvalue weighted by atomic mass is 79.9. The molecule has 0 aromatic heterocycles. The lowest BCUT2D eigenvalue weighted by molar-refractivity contribution is -0.128. The number of hydrogen-bond acceptors (Lipinski definition) is 2. The molecule has 0 fully saturated rings. The van der Waals surface area contributed by atoms with Crippen LogP contribution >= 0.6 is 15.9 Å². The summed E-state index contributed by atoms with van der Waals surface area (Å²) in [6.07, 6.45) is 1.49. The van der Waals surface area contributed by atoms with Gasteiger partial charge in [-0.15, -0.1) is 0 Å². The summed E-state index contributed by atoms with van der Waals surface area (Å²) < 4.78 is 1.10. The second kappa shape index (κ2) is 7.45. The molecule has 1 amide bonds. The molecule has 94 valence electrons. The molecule has 0 aliphatic carbocycles. The lowest BCUT2D eigenvalue weighted by Gasteiger charge is -2.10. The zero-order valence-corrected chi connectivity index (χ0v) is 12.0. The first kappa shape index (κ1) is 14.2. The van der Waals surface area contributed by atoms with Crippen LogP contribution in [0.5, 0.6) is 0 Å². The molecule has 0 unspecified atom stereocenters. The second-order valence-corrected chi connectivity index (χ2v) is 5.11. The molecular weight excluding hydrogens is 280 g/mol. The minimum absolute atomic E-state index is 0.190. The van der Waals surface area contributed by atoms with Gasteiger partial charge in [-0.1, -0.05) is 28.1 Å². The number of benzene rings is 1. The smallest absolute Gasteiger partial charge is 0.222 e. The maximum atomic E-state index is 11.3. The van der Waals surface area contributed by atoms with Gasteiger partial charge in [0.2, 0.25) is 5.91 Å². The van der Waals surface area contributed by atoms with Crippen molar-refractivity contribution in [2.75, 3.05) is 20.6 Å². The zero-order chi connectivity index (χ0) is 12.7. The van der Waals surface area contributed by atoms with Crippen molar-refractivity contribution in [2.24, 2.45) is 0 Å². The maximum absolute atomic E-state index is 11.3. The Kier molecular flexibility index (Phi) is 6.22. The van der Waals surface area contributed by atoms with Gasteiger partial charge in [-0.3, -0.25) is 4.79 Å². The van der Waals surface area contributed by atoms with Crippen LogP contribution in [-0.2, 0) is 11.3 Å². The van der Waals surface area contributed by atoms with E-state index in [1.165, 1.54) is 5.56 Å². The van der Waals surface area contributed by atoms with Crippen LogP contribution in [0.15, 0.2) is 28.7 Å². The fraction of sp³-hybridized carbons (Fsp3) is 0.462. The third-order valence-corrected chi connectivity index (χ3v) is 3.01. The predicted molar refractivity (Wildman–Crippen MR) is 73.8 cm³/mol. The Labute approximate surface area is 111 Å². The fourth-order valence-electron chi connectivity index (χ4n) is 1.42. The highest BCUT2D eigenvalue weighted by molar-refractivity contribution is 9.10. The van der Waals surface area contributed by atoms with Crippen molar-refractivity contribution in [3.05, 3.63) is 34.3 Å². The number of hydrogen-bond donors (Lipinski definition) is 1. The van der Waals surface area contributed by atoms with E-state index in [1.807, 2.05) is 12.1 Å². The summed E-state index contributed by atoms with van der Waals surface area (Å²) in [7, 11) is 3.58. The van der Waals surface area contributed by atoms with Gasteiger partial charge in [0.05, 0.1) is 0 Å². The number of carbonyl (C=O) groups is 1. The molecule has 1 N–H and O–H groups in total. The molecule has 1 aromatic carbocycles. The largest absolute Gasteiger partial charge is 0.349 e. The van der Waals surface area contributed by atoms with Crippen molar-refractivity contribution in [1.29, 1.82) is 0 Å². The Balaban J connectivity index is 2.12. The fourth-order valence-corrected chi connectivity index (χ4v) is 1.69. The number of halogens is 1. The summed E-state index contributed by atoms with van der Waals surface area (Å²) in [6, 6.07) is 8.24. The Morgan fingerprint density at radius 3 is 2.53 bits per heavy atom. The SMILES string of the molecule is CN(C)C(=O)CCCNCc1ccc(Br)cc1. The third kappa shape index (κ3) is 5.84. The monoisotopic (exact) mass is 298 g/mol. The number of nitrogens with zero attached hydrogens (tertiary/aromatic N) is 1. The van der Waals surface area contributed by atoms with E-state index in [0.717, 1.165) is 24.0 Å². The van der Waals surface area contributed by atoms with E-state index < -0.39 is 0 Å². The Morgan fingerprint density at radius 1 is 1.29 bits per heavy atom. The van der Waals surface area contributed by atoms with Gasteiger partial charge in [-0.05, 0) is 30.7 Å². The van der Waals surface area contributed by atoms with Crippen LogP contribution in [0.25, 0.3) is 0 Å². The Hall–Kier alpha value is -0.870. The lowest BCUT2D eigenvalue weighted by Crippen LogP contribution is -2.23. The normalized spacial score (nSPS) is 10.3. The molecule has 3 nitrogen and oxygen atoms in total. The molecule has 0 radical (unpaired) electrons. The number of rotatable bonds is 6. The zero-order valence-electron chi connectivity index (χ0n) is 10.4. The van der Waals surface area contributed by atoms with E-state index in [9.17, 15) is 4.79 Å². The number of nitrogens with one attached hydrogen (secondary N) is 1. The summed E-state index contributed by atoms with van der Waals surface area (Å²) in [6.45, 7) is 1.72. The molecule has 0 spiro atoms. The summed E-state index contributed by atoms with van der Waals surface area (Å²) in [5, 5.41) is 3.33. The highest BCUT2D eigenvalue weighted by Gasteiger charge is 2.02. The average molecular weight is 299 g/mol. The van der Waals surface area contributed by atoms with Crippen LogP contribution in [0, 0.1) is 0 Å². The summed E-state index contributed by atoms with van der Waals surface area (Å²) in [5.41, 5.74) is 1.26. The molecule has 1 aromatic rings. The van der Waals surface area contributed by atoms with Gasteiger partial charge >= 0.3 is 0 Å². The van der Waals surface area contributed by atoms with Crippen LogP contribution in [0.1, 0.15) is 18.4 Å². The molecule has 0 aliphatic rings. The first-order valence-corrected chi connectivity index (χ1v) is 6.54. The van der Waals surface area contributed by atoms with Crippen molar-refractivity contribution in [3.63, 3.8) is 0 Å². The first-order chi connectivity index (χ1) is 8.09. The standard InChI is InChI=1S/C13H19BrN2O/c1-16(2)13(17)4-3-9-15-10-11-5-7-12(14)8-6-11/h5-8,15H,3-4,9-10H2,1-2H3. The van der Waals surface area contributed by atoms with Crippen LogP contribution in [-0.4, -0.2) is 31.4 Å². The van der Waals surface area contributed by atoms with E-state index in [2.05, 4.69) is 33.4 Å². The number of amides is 1. The molecule has 0 saturated carbocycles. The maximum Gasteiger partial charge on any atom is 0.222 e. The van der Waals surface area contributed by atoms with Gasteiger partial charge < -0.3 is 10.2 Å². The van der Waals surface area contributed by atoms with Gasteiger partial charge in [0.15, 0.2) is 0 Å². The molecule has 1 rings (SSSR count). The lowest BCUT2D eigenvalue weighted by atomic mass is 10.2. The van der Waals surface area contributed by atoms with Gasteiger partial charge in [0.1, 0.15) is 0 Å². The van der Waals surface area contributed by atoms with Crippen molar-refractivity contribution >= 4 is 21.8 Å². The molecule has 0 heterocycles. The molecule has 4 heteroatoms. The molecule has 0 atom stereocenters. The summed E-state index contributed by atoms with van der Waals surface area (Å²) in [5.74, 6) is 0.190. The van der Waals surface area contributed by atoms with Crippen LogP contribution in [0.4, 0.5) is 0 Å². The second-order valence-electron chi connectivity index (χ2n) is 4.19. The van der Waals surface area contributed by atoms with E-state index >= 15 is 0 Å². The van der Waals surface area contributed by atoms with E-state index in [1.54, 1.807) is 19.0 Å².